The molecule has 0 amide bonds. The van der Waals surface area contributed by atoms with Gasteiger partial charge in [-0.3, -0.25) is 0 Å². The molecule has 116 valence electrons. The molecule has 22 heavy (non-hydrogen) atoms. The van der Waals surface area contributed by atoms with Crippen LogP contribution < -0.4 is 10.2 Å². The molecule has 2 aromatic rings. The maximum absolute atomic E-state index is 6.07. The molecule has 3 rings (SSSR count). The van der Waals surface area contributed by atoms with E-state index in [1.165, 1.54) is 0 Å². The van der Waals surface area contributed by atoms with E-state index < -0.39 is 0 Å². The largest absolute Gasteiger partial charge is 0.378 e. The number of ether oxygens (including phenoxy) is 1. The van der Waals surface area contributed by atoms with E-state index in [1.54, 1.807) is 0 Å². The van der Waals surface area contributed by atoms with E-state index in [4.69, 9.17) is 16.3 Å². The van der Waals surface area contributed by atoms with Crippen molar-refractivity contribution in [1.82, 2.24) is 9.97 Å². The first kappa shape index (κ1) is 15.1. The lowest BCUT2D eigenvalue weighted by Gasteiger charge is -2.28. The van der Waals surface area contributed by atoms with Crippen molar-refractivity contribution in [2.45, 2.75) is 13.8 Å². The molecule has 1 aliphatic rings. The number of benzene rings is 1. The second-order valence-corrected chi connectivity index (χ2v) is 5.78. The molecule has 5 nitrogen and oxygen atoms in total. The van der Waals surface area contributed by atoms with E-state index in [9.17, 15) is 0 Å². The van der Waals surface area contributed by atoms with Gasteiger partial charge in [-0.1, -0.05) is 17.7 Å². The fourth-order valence-corrected chi connectivity index (χ4v) is 2.61. The average molecular weight is 319 g/mol. The second kappa shape index (κ2) is 6.50. The number of nitrogens with zero attached hydrogens (tertiary/aromatic N) is 3. The maximum Gasteiger partial charge on any atom is 0.136 e. The molecule has 0 saturated carbocycles. The van der Waals surface area contributed by atoms with Gasteiger partial charge >= 0.3 is 0 Å². The first-order valence-corrected chi connectivity index (χ1v) is 7.71. The van der Waals surface area contributed by atoms with Crippen LogP contribution in [-0.4, -0.2) is 36.3 Å². The Labute approximate surface area is 135 Å². The summed E-state index contributed by atoms with van der Waals surface area (Å²) >= 11 is 6.07. The van der Waals surface area contributed by atoms with Crippen molar-refractivity contribution < 1.29 is 4.74 Å². The minimum atomic E-state index is 0.701. The molecule has 1 aromatic heterocycles. The van der Waals surface area contributed by atoms with Crippen molar-refractivity contribution in [1.29, 1.82) is 0 Å². The van der Waals surface area contributed by atoms with Crippen LogP contribution in [0, 0.1) is 13.8 Å². The lowest BCUT2D eigenvalue weighted by molar-refractivity contribution is 0.122. The van der Waals surface area contributed by atoms with Gasteiger partial charge in [-0.25, -0.2) is 9.97 Å². The number of halogens is 1. The number of anilines is 3. The van der Waals surface area contributed by atoms with E-state index >= 15 is 0 Å². The highest BCUT2D eigenvalue weighted by molar-refractivity contribution is 6.30. The molecular formula is C16H19ClN4O. The normalized spacial score (nSPS) is 15.0. The third-order valence-electron chi connectivity index (χ3n) is 3.62. The highest BCUT2D eigenvalue weighted by Crippen LogP contribution is 2.25. The Morgan fingerprint density at radius 1 is 1.14 bits per heavy atom. The predicted octanol–water partition coefficient (Wildman–Crippen LogP) is 3.33. The Bertz CT molecular complexity index is 671. The third kappa shape index (κ3) is 3.48. The average Bonchev–Trinajstić information content (AvgIpc) is 2.51. The van der Waals surface area contributed by atoms with Crippen LogP contribution in [0.3, 0.4) is 0 Å². The quantitative estimate of drug-likeness (QED) is 0.940. The van der Waals surface area contributed by atoms with Crippen LogP contribution in [0.15, 0.2) is 24.3 Å². The number of aromatic nitrogens is 2. The standard InChI is InChI=1S/C16H19ClN4O/c1-11-3-4-13(17)9-14(11)20-15-10-16(19-12(2)18-15)21-5-7-22-8-6-21/h3-4,9-10H,5-8H2,1-2H3,(H,18,19,20). The fraction of sp³-hybridized carbons (Fsp3) is 0.375. The summed E-state index contributed by atoms with van der Waals surface area (Å²) in [5.74, 6) is 2.45. The molecule has 0 radical (unpaired) electrons. The van der Waals surface area contributed by atoms with Crippen molar-refractivity contribution in [2.75, 3.05) is 36.5 Å². The number of hydrogen-bond acceptors (Lipinski definition) is 5. The van der Waals surface area contributed by atoms with Crippen LogP contribution in [-0.2, 0) is 4.74 Å². The molecule has 1 N–H and O–H groups in total. The number of morpholine rings is 1. The highest BCUT2D eigenvalue weighted by atomic mass is 35.5. The Morgan fingerprint density at radius 3 is 2.68 bits per heavy atom. The third-order valence-corrected chi connectivity index (χ3v) is 3.86. The number of hydrogen-bond donors (Lipinski definition) is 1. The molecule has 0 spiro atoms. The van der Waals surface area contributed by atoms with Gasteiger partial charge in [0.15, 0.2) is 0 Å². The summed E-state index contributed by atoms with van der Waals surface area (Å²) in [6.07, 6.45) is 0. The van der Waals surface area contributed by atoms with Crippen LogP contribution in [0.1, 0.15) is 11.4 Å². The van der Waals surface area contributed by atoms with Crippen LogP contribution in [0.5, 0.6) is 0 Å². The Morgan fingerprint density at radius 2 is 1.91 bits per heavy atom. The van der Waals surface area contributed by atoms with Gasteiger partial charge in [0.25, 0.3) is 0 Å². The Kier molecular flexibility index (Phi) is 4.45. The van der Waals surface area contributed by atoms with Crippen LogP contribution >= 0.6 is 11.6 Å². The molecular weight excluding hydrogens is 300 g/mol. The molecule has 6 heteroatoms. The molecule has 1 saturated heterocycles. The zero-order chi connectivity index (χ0) is 15.5. The molecule has 1 aliphatic heterocycles. The summed E-state index contributed by atoms with van der Waals surface area (Å²) in [4.78, 5) is 11.2. The van der Waals surface area contributed by atoms with E-state index in [-0.39, 0.29) is 0 Å². The Balaban J connectivity index is 1.87. The minimum Gasteiger partial charge on any atom is -0.378 e. The monoisotopic (exact) mass is 318 g/mol. The minimum absolute atomic E-state index is 0.701. The summed E-state index contributed by atoms with van der Waals surface area (Å²) in [7, 11) is 0. The number of nitrogens with one attached hydrogen (secondary N) is 1. The van der Waals surface area contributed by atoms with Crippen LogP contribution in [0.25, 0.3) is 0 Å². The van der Waals surface area contributed by atoms with E-state index in [0.29, 0.717) is 5.02 Å². The molecule has 0 atom stereocenters. The molecule has 0 bridgehead atoms. The summed E-state index contributed by atoms with van der Waals surface area (Å²) in [6.45, 7) is 7.12. The van der Waals surface area contributed by atoms with Gasteiger partial charge in [0.2, 0.25) is 0 Å². The van der Waals surface area contributed by atoms with Crippen molar-refractivity contribution in [2.24, 2.45) is 0 Å². The maximum atomic E-state index is 6.07. The number of aryl methyl sites for hydroxylation is 2. The predicted molar refractivity (Wildman–Crippen MR) is 89.3 cm³/mol. The first-order chi connectivity index (χ1) is 10.6. The highest BCUT2D eigenvalue weighted by Gasteiger charge is 2.14. The molecule has 1 fully saturated rings. The van der Waals surface area contributed by atoms with Gasteiger partial charge in [0.1, 0.15) is 17.5 Å². The van der Waals surface area contributed by atoms with Gasteiger partial charge in [0, 0.05) is 29.9 Å². The summed E-state index contributed by atoms with van der Waals surface area (Å²) in [5, 5.41) is 4.04. The van der Waals surface area contributed by atoms with Gasteiger partial charge in [-0.15, -0.1) is 0 Å². The van der Waals surface area contributed by atoms with Crippen LogP contribution in [0.4, 0.5) is 17.3 Å². The summed E-state index contributed by atoms with van der Waals surface area (Å²) in [6, 6.07) is 7.75. The number of rotatable bonds is 3. The first-order valence-electron chi connectivity index (χ1n) is 7.33. The summed E-state index contributed by atoms with van der Waals surface area (Å²) < 4.78 is 5.39. The van der Waals surface area contributed by atoms with Gasteiger partial charge in [-0.05, 0) is 31.5 Å². The van der Waals surface area contributed by atoms with E-state index in [0.717, 1.165) is 55.0 Å². The molecule has 0 aliphatic carbocycles. The van der Waals surface area contributed by atoms with Gasteiger partial charge in [0.05, 0.1) is 13.2 Å². The topological polar surface area (TPSA) is 50.3 Å². The lowest BCUT2D eigenvalue weighted by Crippen LogP contribution is -2.36. The molecule has 1 aromatic carbocycles. The van der Waals surface area contributed by atoms with Gasteiger partial charge < -0.3 is 15.0 Å². The van der Waals surface area contributed by atoms with Gasteiger partial charge in [-0.2, -0.15) is 0 Å². The molecule has 0 unspecified atom stereocenters. The van der Waals surface area contributed by atoms with E-state index in [2.05, 4.69) is 20.2 Å². The van der Waals surface area contributed by atoms with Crippen molar-refractivity contribution in [3.63, 3.8) is 0 Å². The molecule has 2 heterocycles. The van der Waals surface area contributed by atoms with Crippen LogP contribution in [0.2, 0.25) is 5.02 Å². The SMILES string of the molecule is Cc1nc(Nc2cc(Cl)ccc2C)cc(N2CCOCC2)n1. The van der Waals surface area contributed by atoms with Crippen molar-refractivity contribution >= 4 is 28.9 Å². The van der Waals surface area contributed by atoms with Crippen molar-refractivity contribution in [3.8, 4) is 0 Å². The van der Waals surface area contributed by atoms with E-state index in [1.807, 2.05) is 38.1 Å². The summed E-state index contributed by atoms with van der Waals surface area (Å²) in [5.41, 5.74) is 2.08. The second-order valence-electron chi connectivity index (χ2n) is 5.34. The lowest BCUT2D eigenvalue weighted by atomic mass is 10.2. The zero-order valence-corrected chi connectivity index (χ0v) is 13.5. The smallest absolute Gasteiger partial charge is 0.136 e. The zero-order valence-electron chi connectivity index (χ0n) is 12.8. The Hall–Kier alpha value is -1.85. The van der Waals surface area contributed by atoms with Crippen molar-refractivity contribution in [3.05, 3.63) is 40.7 Å². The fourth-order valence-electron chi connectivity index (χ4n) is 2.44.